The summed E-state index contributed by atoms with van der Waals surface area (Å²) in [6.07, 6.45) is -1.83. The Morgan fingerprint density at radius 3 is 2.45 bits per heavy atom. The molecule has 1 unspecified atom stereocenters. The molecule has 246 valence electrons. The van der Waals surface area contributed by atoms with E-state index in [0.29, 0.717) is 11.1 Å². The second-order valence-corrected chi connectivity index (χ2v) is 12.8. The highest BCUT2D eigenvalue weighted by Crippen LogP contribution is 2.41. The highest BCUT2D eigenvalue weighted by Gasteiger charge is 2.54. The van der Waals surface area contributed by atoms with E-state index in [0.717, 1.165) is 40.1 Å². The summed E-state index contributed by atoms with van der Waals surface area (Å²) in [4.78, 5) is 69.5. The second kappa shape index (κ2) is 13.2. The molecule has 0 radical (unpaired) electrons. The van der Waals surface area contributed by atoms with E-state index in [1.807, 2.05) is 0 Å². The highest BCUT2D eigenvalue weighted by atomic mass is 32.2. The van der Waals surface area contributed by atoms with E-state index >= 15 is 0 Å². The number of carboxylic acid groups (broad SMARTS) is 2. The van der Waals surface area contributed by atoms with E-state index in [1.165, 1.54) is 23.2 Å². The summed E-state index contributed by atoms with van der Waals surface area (Å²) in [5.41, 5.74) is 17.4. The summed E-state index contributed by atoms with van der Waals surface area (Å²) < 4.78 is 0. The van der Waals surface area contributed by atoms with Crippen molar-refractivity contribution < 1.29 is 44.4 Å². The second-order valence-electron chi connectivity index (χ2n) is 9.89. The molecule has 18 nitrogen and oxygen atoms in total. The third-order valence-electron chi connectivity index (χ3n) is 6.87. The van der Waals surface area contributed by atoms with Crippen molar-refractivity contribution in [3.63, 3.8) is 0 Å². The van der Waals surface area contributed by atoms with Gasteiger partial charge < -0.3 is 47.8 Å². The summed E-state index contributed by atoms with van der Waals surface area (Å²) in [6.45, 7) is 1.66. The fourth-order valence-corrected chi connectivity index (χ4v) is 7.30. The maximum absolute atomic E-state index is 13.4. The number of rotatable bonds is 11. The van der Waals surface area contributed by atoms with Crippen molar-refractivity contribution in [3.8, 4) is 11.5 Å². The summed E-state index contributed by atoms with van der Waals surface area (Å²) >= 11 is 3.27. The van der Waals surface area contributed by atoms with Crippen LogP contribution >= 0.6 is 34.9 Å². The minimum Gasteiger partial charge on any atom is -0.504 e. The van der Waals surface area contributed by atoms with Gasteiger partial charge in [-0.25, -0.2) is 24.5 Å². The van der Waals surface area contributed by atoms with Gasteiger partial charge in [-0.3, -0.25) is 14.5 Å². The van der Waals surface area contributed by atoms with Gasteiger partial charge in [0.05, 0.1) is 0 Å². The van der Waals surface area contributed by atoms with Crippen LogP contribution in [0.5, 0.6) is 11.5 Å². The fraction of sp³-hybridized carbons (Fsp3) is 0.231. The number of hydrogen-bond acceptors (Lipinski definition) is 17. The molecule has 2 aromatic heterocycles. The molecule has 11 N–H and O–H groups in total. The molecular formula is C26H25N9O9S3. The van der Waals surface area contributed by atoms with Crippen LogP contribution < -0.4 is 22.5 Å². The Balaban J connectivity index is 1.35. The van der Waals surface area contributed by atoms with Crippen molar-refractivity contribution in [1.82, 2.24) is 25.2 Å². The van der Waals surface area contributed by atoms with E-state index in [9.17, 15) is 39.6 Å². The van der Waals surface area contributed by atoms with Gasteiger partial charge in [0.25, 0.3) is 11.8 Å². The maximum Gasteiger partial charge on any atom is 0.352 e. The van der Waals surface area contributed by atoms with Gasteiger partial charge in [0.2, 0.25) is 6.10 Å². The van der Waals surface area contributed by atoms with Crippen molar-refractivity contribution in [2.45, 2.75) is 29.6 Å². The van der Waals surface area contributed by atoms with Crippen LogP contribution in [-0.4, -0.2) is 92.7 Å². The zero-order chi connectivity index (χ0) is 34.2. The van der Waals surface area contributed by atoms with Gasteiger partial charge in [-0.2, -0.15) is 0 Å². The number of phenols is 2. The van der Waals surface area contributed by atoms with E-state index < -0.39 is 58.5 Å². The van der Waals surface area contributed by atoms with E-state index in [-0.39, 0.29) is 50.4 Å². The number of phenolic OH excluding ortho intramolecular Hbond substituents is 2. The third kappa shape index (κ3) is 6.66. The van der Waals surface area contributed by atoms with Gasteiger partial charge >= 0.3 is 11.9 Å². The van der Waals surface area contributed by atoms with Gasteiger partial charge in [0, 0.05) is 28.0 Å². The number of hydrogen-bond donors (Lipinski definition) is 8. The number of carboxylic acids is 2. The first-order valence-electron chi connectivity index (χ1n) is 13.2. The van der Waals surface area contributed by atoms with Gasteiger partial charge in [-0.15, -0.1) is 23.1 Å². The molecule has 3 atom stereocenters. The molecule has 0 bridgehead atoms. The van der Waals surface area contributed by atoms with Gasteiger partial charge in [0.15, 0.2) is 27.5 Å². The predicted molar refractivity (Wildman–Crippen MR) is 170 cm³/mol. The quantitative estimate of drug-likeness (QED) is 0.0336. The standard InChI is InChI=1S/C26H25N9O9S3/c1-8-18(27)32-26(33-19(8)28)47-6-10-5-45-22-15(21(39)35(22)16(10)23(40)41)31-20(38)14(11-7-46-25(29)30-11)34-44-17(24(42)43)9-2-3-12(36)13(37)4-9/h2-4,7,15,17,22,36-37H,5-6H2,1H3,(H2,29,30)(H,31,38)(H,40,41)(H,42,43)(H4,27,28,32,33)/b34-14-/t15?,17-,22-/m1/s1. The van der Waals surface area contributed by atoms with Crippen LogP contribution in [0.15, 0.2) is 45.2 Å². The van der Waals surface area contributed by atoms with Crippen LogP contribution in [0.25, 0.3) is 0 Å². The van der Waals surface area contributed by atoms with Crippen LogP contribution in [0.3, 0.4) is 0 Å². The Bertz CT molecular complexity index is 1840. The highest BCUT2D eigenvalue weighted by molar-refractivity contribution is 8.01. The molecule has 1 saturated heterocycles. The maximum atomic E-state index is 13.4. The Morgan fingerprint density at radius 2 is 1.85 bits per heavy atom. The Hall–Kier alpha value is -5.28. The van der Waals surface area contributed by atoms with E-state index in [4.69, 9.17) is 22.0 Å². The fourth-order valence-electron chi connectivity index (χ4n) is 4.41. The average molecular weight is 704 g/mol. The zero-order valence-corrected chi connectivity index (χ0v) is 26.4. The average Bonchev–Trinajstić information content (AvgIpc) is 3.45. The Morgan fingerprint density at radius 1 is 1.15 bits per heavy atom. The number of aromatic nitrogens is 3. The molecule has 2 aliphatic rings. The number of carbonyl (C=O) groups is 4. The molecule has 0 spiro atoms. The van der Waals surface area contributed by atoms with Crippen LogP contribution in [0.2, 0.25) is 0 Å². The molecule has 5 rings (SSSR count). The molecule has 0 saturated carbocycles. The smallest absolute Gasteiger partial charge is 0.352 e. The van der Waals surface area contributed by atoms with Crippen LogP contribution in [0.4, 0.5) is 16.8 Å². The number of carbonyl (C=O) groups excluding carboxylic acids is 2. The minimum atomic E-state index is -1.83. The summed E-state index contributed by atoms with van der Waals surface area (Å²) in [5, 5.41) is 46.2. The van der Waals surface area contributed by atoms with Crippen LogP contribution in [-0.2, 0) is 24.0 Å². The topological polar surface area (TPSA) is 303 Å². The number of oxime groups is 1. The number of thioether (sulfide) groups is 2. The van der Waals surface area contributed by atoms with E-state index in [1.54, 1.807) is 6.92 Å². The lowest BCUT2D eigenvalue weighted by Gasteiger charge is -2.49. The largest absolute Gasteiger partial charge is 0.504 e. The van der Waals surface area contributed by atoms with Crippen molar-refractivity contribution in [3.05, 3.63) is 51.7 Å². The molecule has 1 fully saturated rings. The number of nitrogen functional groups attached to an aromatic ring is 3. The molecule has 4 heterocycles. The number of amides is 2. The molecule has 1 aromatic carbocycles. The molecule has 2 amide bonds. The molecule has 0 aliphatic carbocycles. The predicted octanol–water partition coefficient (Wildman–Crippen LogP) is 0.477. The van der Waals surface area contributed by atoms with Gasteiger partial charge in [-0.05, 0) is 24.6 Å². The number of thiazole rings is 1. The Kier molecular flexibility index (Phi) is 9.31. The first-order valence-corrected chi connectivity index (χ1v) is 16.1. The number of nitrogens with zero attached hydrogens (tertiary/aromatic N) is 5. The number of benzene rings is 1. The van der Waals surface area contributed by atoms with E-state index in [2.05, 4.69) is 25.4 Å². The van der Waals surface area contributed by atoms with Gasteiger partial charge in [0.1, 0.15) is 34.4 Å². The molecule has 47 heavy (non-hydrogen) atoms. The number of aliphatic carboxylic acids is 2. The minimum absolute atomic E-state index is 0.0514. The van der Waals surface area contributed by atoms with Crippen molar-refractivity contribution in [1.29, 1.82) is 0 Å². The normalized spacial score (nSPS) is 18.3. The first kappa shape index (κ1) is 33.1. The summed E-state index contributed by atoms with van der Waals surface area (Å²) in [7, 11) is 0. The number of nitrogens with two attached hydrogens (primary N) is 3. The zero-order valence-electron chi connectivity index (χ0n) is 24.0. The summed E-state index contributed by atoms with van der Waals surface area (Å²) in [5.74, 6) is -5.00. The number of nitrogens with one attached hydrogen (secondary N) is 1. The molecule has 2 aliphatic heterocycles. The summed E-state index contributed by atoms with van der Waals surface area (Å²) in [6, 6.07) is 1.99. The Labute approximate surface area is 276 Å². The van der Waals surface area contributed by atoms with Gasteiger partial charge in [-0.1, -0.05) is 23.0 Å². The lowest BCUT2D eigenvalue weighted by atomic mass is 10.0. The van der Waals surface area contributed by atoms with Crippen molar-refractivity contribution >= 4 is 81.1 Å². The monoisotopic (exact) mass is 703 g/mol. The third-order valence-corrected chi connectivity index (χ3v) is 9.82. The molecule has 21 heteroatoms. The van der Waals surface area contributed by atoms with Crippen molar-refractivity contribution in [2.24, 2.45) is 5.16 Å². The van der Waals surface area contributed by atoms with Crippen molar-refractivity contribution in [2.75, 3.05) is 28.7 Å². The van der Waals surface area contributed by atoms with Crippen LogP contribution in [0.1, 0.15) is 22.9 Å². The number of fused-ring (bicyclic) bond motifs is 1. The number of anilines is 3. The first-order chi connectivity index (χ1) is 22.3. The lowest BCUT2D eigenvalue weighted by Crippen LogP contribution is -2.71. The number of aromatic hydroxyl groups is 2. The number of β-lactam (4-membered cyclic amide) rings is 1. The lowest BCUT2D eigenvalue weighted by molar-refractivity contribution is -0.151. The molecule has 3 aromatic rings. The SMILES string of the molecule is Cc1c(N)nc(SCC2=C(C(=O)O)N3C(=O)C(NC(=O)/C(=N\O[C@@H](C(=O)O)c4ccc(O)c(O)c4)c4csc(N)n4)[C@H]3SC2)nc1N. The van der Waals surface area contributed by atoms with Crippen LogP contribution in [0, 0.1) is 6.92 Å². The molecular weight excluding hydrogens is 679 g/mol.